The first-order valence-corrected chi connectivity index (χ1v) is 4.98. The molecule has 0 unspecified atom stereocenters. The lowest BCUT2D eigenvalue weighted by Crippen LogP contribution is -2.07. The Morgan fingerprint density at radius 3 is 2.35 bits per heavy atom. The molecule has 92 valence electrons. The van der Waals surface area contributed by atoms with E-state index < -0.39 is 12.0 Å². The van der Waals surface area contributed by atoms with E-state index >= 15 is 0 Å². The molecule has 0 fully saturated rings. The minimum absolute atomic E-state index is 0.0667. The van der Waals surface area contributed by atoms with E-state index in [1.807, 2.05) is 18.9 Å². The summed E-state index contributed by atoms with van der Waals surface area (Å²) < 4.78 is 36.5. The minimum atomic E-state index is -4.51. The first-order chi connectivity index (χ1) is 8.07. The molecule has 0 aliphatic carbocycles. The van der Waals surface area contributed by atoms with Crippen LogP contribution in [0.1, 0.15) is 19.7 Å². The second kappa shape index (κ2) is 5.42. The largest absolute Gasteiger partial charge is 0.451 e. The van der Waals surface area contributed by atoms with Crippen molar-refractivity contribution in [2.45, 2.75) is 20.0 Å². The molecular weight excluding hydrogens is 233 g/mol. The zero-order chi connectivity index (χ0) is 12.9. The van der Waals surface area contributed by atoms with Crippen molar-refractivity contribution in [1.29, 1.82) is 0 Å². The Morgan fingerprint density at radius 2 is 1.88 bits per heavy atom. The maximum atomic E-state index is 12.2. The van der Waals surface area contributed by atoms with E-state index in [9.17, 15) is 13.2 Å². The standard InChI is InChI=1S/C8H5F3N4.C2H6/c9-8(10,11)7-13-6(14-15-7)5-3-1-2-4-12-5;1-2/h1-4H,(H,13,14,15);1-2H3. The Balaban J connectivity index is 0.000000686. The van der Waals surface area contributed by atoms with Crippen molar-refractivity contribution in [1.82, 2.24) is 20.2 Å². The third kappa shape index (κ3) is 3.27. The van der Waals surface area contributed by atoms with Crippen molar-refractivity contribution < 1.29 is 13.2 Å². The van der Waals surface area contributed by atoms with Crippen molar-refractivity contribution in [3.05, 3.63) is 30.2 Å². The SMILES string of the molecule is CC.FC(F)(F)c1nc(-c2ccccn2)n[nH]1. The zero-order valence-corrected chi connectivity index (χ0v) is 9.28. The fraction of sp³-hybridized carbons (Fsp3) is 0.300. The smallest absolute Gasteiger partial charge is 0.255 e. The summed E-state index contributed by atoms with van der Waals surface area (Å²) in [7, 11) is 0. The molecule has 2 rings (SSSR count). The van der Waals surface area contributed by atoms with Crippen molar-refractivity contribution in [2.24, 2.45) is 0 Å². The summed E-state index contributed by atoms with van der Waals surface area (Å²) in [5.74, 6) is -1.19. The van der Waals surface area contributed by atoms with Gasteiger partial charge in [-0.05, 0) is 12.1 Å². The predicted molar refractivity (Wildman–Crippen MR) is 56.0 cm³/mol. The van der Waals surface area contributed by atoms with Gasteiger partial charge in [-0.25, -0.2) is 4.98 Å². The van der Waals surface area contributed by atoms with Crippen LogP contribution in [-0.2, 0) is 6.18 Å². The summed E-state index contributed by atoms with van der Waals surface area (Å²) in [5.41, 5.74) is 0.296. The zero-order valence-electron chi connectivity index (χ0n) is 9.28. The number of nitrogens with zero attached hydrogens (tertiary/aromatic N) is 3. The molecule has 0 aliphatic heterocycles. The highest BCUT2D eigenvalue weighted by molar-refractivity contribution is 5.47. The molecule has 4 nitrogen and oxygen atoms in total. The van der Waals surface area contributed by atoms with Crippen LogP contribution in [0.5, 0.6) is 0 Å². The third-order valence-electron chi connectivity index (χ3n) is 1.65. The van der Waals surface area contributed by atoms with Gasteiger partial charge in [0.15, 0.2) is 5.82 Å². The van der Waals surface area contributed by atoms with Gasteiger partial charge in [0.1, 0.15) is 5.69 Å². The summed E-state index contributed by atoms with van der Waals surface area (Å²) in [5, 5.41) is 5.25. The second-order valence-corrected chi connectivity index (χ2v) is 2.72. The Bertz CT molecular complexity index is 450. The highest BCUT2D eigenvalue weighted by Crippen LogP contribution is 2.26. The molecule has 0 aromatic carbocycles. The van der Waals surface area contributed by atoms with Crippen LogP contribution >= 0.6 is 0 Å². The molecule has 0 amide bonds. The number of aromatic amines is 1. The van der Waals surface area contributed by atoms with Gasteiger partial charge in [-0.3, -0.25) is 10.1 Å². The summed E-state index contributed by atoms with van der Waals surface area (Å²) in [6, 6.07) is 4.83. The summed E-state index contributed by atoms with van der Waals surface area (Å²) >= 11 is 0. The highest BCUT2D eigenvalue weighted by atomic mass is 19.4. The van der Waals surface area contributed by atoms with Crippen LogP contribution in [0.4, 0.5) is 13.2 Å². The van der Waals surface area contributed by atoms with Crippen molar-refractivity contribution in [2.75, 3.05) is 0 Å². The van der Waals surface area contributed by atoms with Crippen LogP contribution in [0.3, 0.4) is 0 Å². The molecule has 0 atom stereocenters. The minimum Gasteiger partial charge on any atom is -0.255 e. The maximum Gasteiger partial charge on any atom is 0.451 e. The van der Waals surface area contributed by atoms with Crippen LogP contribution in [0.25, 0.3) is 11.5 Å². The lowest BCUT2D eigenvalue weighted by Gasteiger charge is -1.98. The molecule has 1 N–H and O–H groups in total. The average molecular weight is 244 g/mol. The van der Waals surface area contributed by atoms with Gasteiger partial charge in [-0.2, -0.15) is 18.3 Å². The topological polar surface area (TPSA) is 54.5 Å². The van der Waals surface area contributed by atoms with Crippen LogP contribution in [0.2, 0.25) is 0 Å². The number of aromatic nitrogens is 4. The van der Waals surface area contributed by atoms with Crippen molar-refractivity contribution >= 4 is 0 Å². The highest BCUT2D eigenvalue weighted by Gasteiger charge is 2.35. The number of rotatable bonds is 1. The molecule has 2 heterocycles. The van der Waals surface area contributed by atoms with Crippen LogP contribution in [-0.4, -0.2) is 20.2 Å². The number of halogens is 3. The predicted octanol–water partition coefficient (Wildman–Crippen LogP) is 2.91. The lowest BCUT2D eigenvalue weighted by atomic mass is 10.3. The quantitative estimate of drug-likeness (QED) is 0.839. The van der Waals surface area contributed by atoms with E-state index in [1.165, 1.54) is 12.3 Å². The Kier molecular flexibility index (Phi) is 4.19. The van der Waals surface area contributed by atoms with Gasteiger partial charge in [0.2, 0.25) is 5.82 Å². The summed E-state index contributed by atoms with van der Waals surface area (Å²) in [4.78, 5) is 7.13. The molecule has 0 saturated heterocycles. The molecule has 0 radical (unpaired) electrons. The van der Waals surface area contributed by atoms with Gasteiger partial charge < -0.3 is 0 Å². The van der Waals surface area contributed by atoms with E-state index in [2.05, 4.69) is 15.1 Å². The lowest BCUT2D eigenvalue weighted by molar-refractivity contribution is -0.144. The molecule has 2 aromatic rings. The molecule has 0 aliphatic rings. The van der Waals surface area contributed by atoms with Crippen LogP contribution < -0.4 is 0 Å². The van der Waals surface area contributed by atoms with Crippen LogP contribution in [0, 0.1) is 0 Å². The molecule has 2 aromatic heterocycles. The number of hydrogen-bond acceptors (Lipinski definition) is 3. The Labute approximate surface area is 95.9 Å². The van der Waals surface area contributed by atoms with Gasteiger partial charge in [0, 0.05) is 6.20 Å². The second-order valence-electron chi connectivity index (χ2n) is 2.72. The molecule has 17 heavy (non-hydrogen) atoms. The number of hydrogen-bond donors (Lipinski definition) is 1. The molecular formula is C10H11F3N4. The van der Waals surface area contributed by atoms with Gasteiger partial charge in [0.05, 0.1) is 0 Å². The number of nitrogens with one attached hydrogen (secondary N) is 1. The van der Waals surface area contributed by atoms with E-state index in [4.69, 9.17) is 0 Å². The van der Waals surface area contributed by atoms with Gasteiger partial charge in [0.25, 0.3) is 0 Å². The molecule has 0 spiro atoms. The maximum absolute atomic E-state index is 12.2. The van der Waals surface area contributed by atoms with E-state index in [0.717, 1.165) is 0 Å². The monoisotopic (exact) mass is 244 g/mol. The van der Waals surface area contributed by atoms with E-state index in [1.54, 1.807) is 12.1 Å². The van der Waals surface area contributed by atoms with Gasteiger partial charge in [-0.1, -0.05) is 19.9 Å². The van der Waals surface area contributed by atoms with E-state index in [0.29, 0.717) is 5.69 Å². The first-order valence-electron chi connectivity index (χ1n) is 4.98. The Hall–Kier alpha value is -1.92. The molecule has 0 bridgehead atoms. The molecule has 7 heteroatoms. The van der Waals surface area contributed by atoms with Crippen molar-refractivity contribution in [3.8, 4) is 11.5 Å². The van der Waals surface area contributed by atoms with Crippen LogP contribution in [0.15, 0.2) is 24.4 Å². The number of H-pyrrole nitrogens is 1. The van der Waals surface area contributed by atoms with Gasteiger partial charge in [-0.15, -0.1) is 0 Å². The number of alkyl halides is 3. The van der Waals surface area contributed by atoms with Crippen molar-refractivity contribution in [3.63, 3.8) is 0 Å². The third-order valence-corrected chi connectivity index (χ3v) is 1.65. The molecule has 0 saturated carbocycles. The fourth-order valence-electron chi connectivity index (χ4n) is 0.998. The first kappa shape index (κ1) is 13.1. The average Bonchev–Trinajstić information content (AvgIpc) is 2.82. The van der Waals surface area contributed by atoms with E-state index in [-0.39, 0.29) is 5.82 Å². The summed E-state index contributed by atoms with van der Waals surface area (Å²) in [6.07, 6.45) is -3.06. The Morgan fingerprint density at radius 1 is 1.18 bits per heavy atom. The normalized spacial score (nSPS) is 10.6. The number of pyridine rings is 1. The van der Waals surface area contributed by atoms with Gasteiger partial charge >= 0.3 is 6.18 Å². The fourth-order valence-corrected chi connectivity index (χ4v) is 0.998. The summed E-state index contributed by atoms with van der Waals surface area (Å²) in [6.45, 7) is 4.00.